The van der Waals surface area contributed by atoms with Crippen LogP contribution >= 0.6 is 0 Å². The van der Waals surface area contributed by atoms with Crippen molar-refractivity contribution in [1.29, 1.82) is 0 Å². The van der Waals surface area contributed by atoms with Crippen LogP contribution in [0.25, 0.3) is 0 Å². The van der Waals surface area contributed by atoms with Crippen molar-refractivity contribution >= 4 is 9.84 Å². The summed E-state index contributed by atoms with van der Waals surface area (Å²) in [6, 6.07) is 4.84. The van der Waals surface area contributed by atoms with Gasteiger partial charge >= 0.3 is 0 Å². The first kappa shape index (κ1) is 25.1. The summed E-state index contributed by atoms with van der Waals surface area (Å²) in [4.78, 5) is 0. The van der Waals surface area contributed by atoms with E-state index in [0.717, 1.165) is 18.4 Å². The van der Waals surface area contributed by atoms with Crippen LogP contribution < -0.4 is 4.74 Å². The normalized spacial score (nSPS) is 15.4. The number of benzene rings is 1. The van der Waals surface area contributed by atoms with Crippen LogP contribution in [0.3, 0.4) is 0 Å². The van der Waals surface area contributed by atoms with Gasteiger partial charge in [-0.15, -0.1) is 0 Å². The Bertz CT molecular complexity index is 775. The maximum Gasteiger partial charge on any atom is 0.165 e. The number of halogens is 1. The average molecular weight is 443 g/mol. The molecule has 0 aromatic heterocycles. The summed E-state index contributed by atoms with van der Waals surface area (Å²) in [6.45, 7) is 11.8. The summed E-state index contributed by atoms with van der Waals surface area (Å²) in [5, 5.41) is 0. The van der Waals surface area contributed by atoms with E-state index in [1.807, 2.05) is 13.8 Å². The second-order valence-electron chi connectivity index (χ2n) is 9.95. The molecule has 0 N–H and O–H groups in total. The van der Waals surface area contributed by atoms with Crippen LogP contribution in [0.1, 0.15) is 72.3 Å². The molecule has 1 aromatic rings. The Kier molecular flexibility index (Phi) is 8.75. The summed E-state index contributed by atoms with van der Waals surface area (Å²) in [5.74, 6) is 0.527. The molecule has 4 nitrogen and oxygen atoms in total. The molecule has 0 heterocycles. The summed E-state index contributed by atoms with van der Waals surface area (Å²) >= 11 is 0. The Morgan fingerprint density at radius 2 is 1.80 bits per heavy atom. The van der Waals surface area contributed by atoms with E-state index in [9.17, 15) is 12.8 Å². The zero-order chi connectivity index (χ0) is 22.4. The highest BCUT2D eigenvalue weighted by molar-refractivity contribution is 7.91. The van der Waals surface area contributed by atoms with Gasteiger partial charge in [0.15, 0.2) is 21.4 Å². The molecule has 6 heteroatoms. The summed E-state index contributed by atoms with van der Waals surface area (Å²) in [6.07, 6.45) is 4.08. The molecule has 0 bridgehead atoms. The van der Waals surface area contributed by atoms with Crippen LogP contribution in [-0.4, -0.2) is 39.7 Å². The smallest absolute Gasteiger partial charge is 0.165 e. The third-order valence-corrected chi connectivity index (χ3v) is 7.75. The van der Waals surface area contributed by atoms with Crippen LogP contribution in [0.4, 0.5) is 4.39 Å². The zero-order valence-corrected chi connectivity index (χ0v) is 20.1. The van der Waals surface area contributed by atoms with E-state index in [1.165, 1.54) is 6.07 Å². The minimum Gasteiger partial charge on any atom is -0.490 e. The Morgan fingerprint density at radius 1 is 1.13 bits per heavy atom. The van der Waals surface area contributed by atoms with Crippen LogP contribution in [0, 0.1) is 17.2 Å². The average Bonchev–Trinajstić information content (AvgIpc) is 3.49. The molecule has 1 saturated carbocycles. The van der Waals surface area contributed by atoms with Crippen molar-refractivity contribution in [2.75, 3.05) is 31.3 Å². The first-order chi connectivity index (χ1) is 14.0. The van der Waals surface area contributed by atoms with Gasteiger partial charge in [-0.1, -0.05) is 40.7 Å². The maximum absolute atomic E-state index is 14.2. The Morgan fingerprint density at radius 3 is 2.37 bits per heavy atom. The predicted molar refractivity (Wildman–Crippen MR) is 120 cm³/mol. The fraction of sp³-hybridized carbons (Fsp3) is 0.750. The van der Waals surface area contributed by atoms with Crippen LogP contribution in [0.2, 0.25) is 0 Å². The lowest BCUT2D eigenvalue weighted by Crippen LogP contribution is -2.35. The minimum absolute atomic E-state index is 0.0555. The van der Waals surface area contributed by atoms with Gasteiger partial charge in [-0.25, -0.2) is 12.8 Å². The van der Waals surface area contributed by atoms with Crippen LogP contribution in [0.15, 0.2) is 18.2 Å². The van der Waals surface area contributed by atoms with Gasteiger partial charge in [-0.3, -0.25) is 0 Å². The SMILES string of the molecule is CCC(CC)(CS(=O)(=O)CCCOCC(C)(C)C)c1ccc(F)c(OCC2CC2)c1. The van der Waals surface area contributed by atoms with Crippen molar-refractivity contribution < 1.29 is 22.3 Å². The number of ether oxygens (including phenoxy) is 2. The second kappa shape index (κ2) is 10.4. The van der Waals surface area contributed by atoms with E-state index >= 15 is 0 Å². The fourth-order valence-electron chi connectivity index (χ4n) is 3.63. The highest BCUT2D eigenvalue weighted by atomic mass is 32.2. The molecule has 172 valence electrons. The van der Waals surface area contributed by atoms with Crippen molar-refractivity contribution in [2.45, 2.75) is 72.1 Å². The van der Waals surface area contributed by atoms with Crippen molar-refractivity contribution in [1.82, 2.24) is 0 Å². The van der Waals surface area contributed by atoms with E-state index in [1.54, 1.807) is 12.1 Å². The summed E-state index contributed by atoms with van der Waals surface area (Å²) in [5.41, 5.74) is 0.365. The van der Waals surface area contributed by atoms with Crippen molar-refractivity contribution in [3.05, 3.63) is 29.6 Å². The first-order valence-electron chi connectivity index (χ1n) is 11.2. The quantitative estimate of drug-likeness (QED) is 0.376. The molecule has 0 unspecified atom stereocenters. The number of sulfone groups is 1. The van der Waals surface area contributed by atoms with E-state index < -0.39 is 15.3 Å². The highest BCUT2D eigenvalue weighted by Crippen LogP contribution is 2.37. The van der Waals surface area contributed by atoms with Gasteiger partial charge in [0.05, 0.1) is 24.7 Å². The molecule has 0 atom stereocenters. The van der Waals surface area contributed by atoms with Gasteiger partial charge in [-0.2, -0.15) is 0 Å². The van der Waals surface area contributed by atoms with Gasteiger partial charge in [0.25, 0.3) is 0 Å². The monoisotopic (exact) mass is 442 g/mol. The van der Waals surface area contributed by atoms with Gasteiger partial charge in [0, 0.05) is 12.0 Å². The standard InChI is InChI=1S/C24H39FO4S/c1-6-24(7-2,18-30(26,27)14-8-13-28-17-23(3,4)5)20-11-12-21(25)22(15-20)29-16-19-9-10-19/h11-12,15,19H,6-10,13-14,16-18H2,1-5H3. The molecule has 1 aliphatic rings. The number of rotatable bonds is 13. The number of hydrogen-bond acceptors (Lipinski definition) is 4. The van der Waals surface area contributed by atoms with E-state index in [2.05, 4.69) is 20.8 Å². The van der Waals surface area contributed by atoms with Gasteiger partial charge in [0.2, 0.25) is 0 Å². The number of hydrogen-bond donors (Lipinski definition) is 0. The lowest BCUT2D eigenvalue weighted by Gasteiger charge is -2.32. The Labute approximate surface area is 182 Å². The third-order valence-electron chi connectivity index (χ3n) is 5.84. The van der Waals surface area contributed by atoms with Crippen molar-refractivity contribution in [3.63, 3.8) is 0 Å². The fourth-order valence-corrected chi connectivity index (χ4v) is 5.75. The van der Waals surface area contributed by atoms with Crippen LogP contribution in [0.5, 0.6) is 5.75 Å². The molecule has 1 aliphatic carbocycles. The van der Waals surface area contributed by atoms with Gasteiger partial charge in [-0.05, 0) is 61.1 Å². The first-order valence-corrected chi connectivity index (χ1v) is 13.0. The molecule has 0 spiro atoms. The van der Waals surface area contributed by atoms with E-state index in [-0.39, 0.29) is 28.5 Å². The lowest BCUT2D eigenvalue weighted by molar-refractivity contribution is 0.0720. The largest absolute Gasteiger partial charge is 0.490 e. The molecule has 0 saturated heterocycles. The Hall–Kier alpha value is -1.14. The van der Waals surface area contributed by atoms with E-state index in [0.29, 0.717) is 45.0 Å². The summed E-state index contributed by atoms with van der Waals surface area (Å²) < 4.78 is 51.4. The topological polar surface area (TPSA) is 52.6 Å². The van der Waals surface area contributed by atoms with Crippen molar-refractivity contribution in [3.8, 4) is 5.75 Å². The third kappa shape index (κ3) is 7.84. The van der Waals surface area contributed by atoms with Crippen molar-refractivity contribution in [2.24, 2.45) is 11.3 Å². The Balaban J connectivity index is 2.06. The molecule has 0 amide bonds. The molecule has 30 heavy (non-hydrogen) atoms. The molecule has 2 rings (SSSR count). The van der Waals surface area contributed by atoms with Gasteiger partial charge in [0.1, 0.15) is 0 Å². The van der Waals surface area contributed by atoms with Crippen LogP contribution in [-0.2, 0) is 20.0 Å². The lowest BCUT2D eigenvalue weighted by atomic mass is 9.77. The molecule has 1 fully saturated rings. The molecule has 0 aliphatic heterocycles. The maximum atomic E-state index is 14.2. The minimum atomic E-state index is -3.28. The van der Waals surface area contributed by atoms with Gasteiger partial charge < -0.3 is 9.47 Å². The molecule has 0 radical (unpaired) electrons. The highest BCUT2D eigenvalue weighted by Gasteiger charge is 2.35. The molecule has 1 aromatic carbocycles. The second-order valence-corrected chi connectivity index (χ2v) is 12.1. The summed E-state index contributed by atoms with van der Waals surface area (Å²) in [7, 11) is -3.28. The zero-order valence-electron chi connectivity index (χ0n) is 19.3. The van der Waals surface area contributed by atoms with E-state index in [4.69, 9.17) is 9.47 Å². The molecular weight excluding hydrogens is 403 g/mol. The predicted octanol–water partition coefficient (Wildman–Crippen LogP) is 5.54. The molecular formula is C24H39FO4S.